The van der Waals surface area contributed by atoms with Crippen LogP contribution in [0, 0.1) is 17.8 Å². The summed E-state index contributed by atoms with van der Waals surface area (Å²) < 4.78 is 10.7. The Morgan fingerprint density at radius 1 is 1.52 bits per heavy atom. The molecule has 2 aliphatic rings. The van der Waals surface area contributed by atoms with Gasteiger partial charge in [0.25, 0.3) is 0 Å². The fourth-order valence-corrected chi connectivity index (χ4v) is 4.32. The number of hydrogen-bond acceptors (Lipinski definition) is 6. The first-order chi connectivity index (χ1) is 11.3. The number of ether oxygens (including phenoxy) is 2. The van der Waals surface area contributed by atoms with E-state index in [0.717, 1.165) is 26.2 Å². The third-order valence-corrected chi connectivity index (χ3v) is 5.52. The number of methoxy groups -OCH3 is 1. The summed E-state index contributed by atoms with van der Waals surface area (Å²) in [6.45, 7) is 5.66. The molecule has 23 heavy (non-hydrogen) atoms. The van der Waals surface area contributed by atoms with Crippen molar-refractivity contribution in [2.45, 2.75) is 13.0 Å². The predicted molar refractivity (Wildman–Crippen MR) is 88.2 cm³/mol. The van der Waals surface area contributed by atoms with Gasteiger partial charge in [-0.05, 0) is 17.8 Å². The number of likely N-dealkylation sites (tertiary alicyclic amines) is 1. The van der Waals surface area contributed by atoms with Gasteiger partial charge < -0.3 is 14.8 Å². The van der Waals surface area contributed by atoms with Gasteiger partial charge in [-0.2, -0.15) is 0 Å². The van der Waals surface area contributed by atoms with Gasteiger partial charge >= 0.3 is 0 Å². The minimum atomic E-state index is 0.106. The number of aromatic nitrogens is 1. The van der Waals surface area contributed by atoms with Crippen molar-refractivity contribution in [3.8, 4) is 0 Å². The molecule has 0 bridgehead atoms. The summed E-state index contributed by atoms with van der Waals surface area (Å²) in [5, 5.41) is 6.10. The smallest absolute Gasteiger partial charge is 0.220 e. The van der Waals surface area contributed by atoms with E-state index in [1.54, 1.807) is 18.4 Å². The number of thiazole rings is 1. The fraction of sp³-hybridized carbons (Fsp3) is 0.750. The third-order valence-electron chi connectivity index (χ3n) is 4.75. The number of carbonyl (C=O) groups excluding carboxylic acids is 1. The Morgan fingerprint density at radius 2 is 2.43 bits per heavy atom. The SMILES string of the molecule is COCCNC(=O)C[C@H]1COC[C@H]2CN(Cc3nccs3)C[C@@H]12. The van der Waals surface area contributed by atoms with Crippen molar-refractivity contribution in [2.24, 2.45) is 17.8 Å². The number of nitrogens with zero attached hydrogens (tertiary/aromatic N) is 2. The number of nitrogens with one attached hydrogen (secondary N) is 1. The molecule has 0 aromatic carbocycles. The monoisotopic (exact) mass is 339 g/mol. The molecular weight excluding hydrogens is 314 g/mol. The van der Waals surface area contributed by atoms with Crippen LogP contribution in [0.25, 0.3) is 0 Å². The van der Waals surface area contributed by atoms with Crippen LogP contribution < -0.4 is 5.32 Å². The van der Waals surface area contributed by atoms with Crippen molar-refractivity contribution in [3.05, 3.63) is 16.6 Å². The summed E-state index contributed by atoms with van der Waals surface area (Å²) in [7, 11) is 1.64. The second kappa shape index (κ2) is 8.19. The molecule has 1 aromatic rings. The van der Waals surface area contributed by atoms with Crippen LogP contribution in [0.5, 0.6) is 0 Å². The minimum Gasteiger partial charge on any atom is -0.383 e. The quantitative estimate of drug-likeness (QED) is 0.751. The fourth-order valence-electron chi connectivity index (χ4n) is 3.66. The number of fused-ring (bicyclic) bond motifs is 1. The van der Waals surface area contributed by atoms with E-state index in [-0.39, 0.29) is 5.91 Å². The lowest BCUT2D eigenvalue weighted by atomic mass is 9.81. The van der Waals surface area contributed by atoms with E-state index < -0.39 is 0 Å². The number of rotatable bonds is 7. The first-order valence-electron chi connectivity index (χ1n) is 8.20. The Balaban J connectivity index is 1.51. The zero-order valence-corrected chi connectivity index (χ0v) is 14.4. The molecule has 0 unspecified atom stereocenters. The molecule has 0 saturated carbocycles. The van der Waals surface area contributed by atoms with Gasteiger partial charge in [0.1, 0.15) is 5.01 Å². The molecule has 0 aliphatic carbocycles. The molecule has 2 saturated heterocycles. The molecule has 3 atom stereocenters. The molecule has 7 heteroatoms. The molecule has 0 spiro atoms. The van der Waals surface area contributed by atoms with E-state index in [2.05, 4.69) is 15.2 Å². The van der Waals surface area contributed by atoms with Crippen molar-refractivity contribution in [1.82, 2.24) is 15.2 Å². The van der Waals surface area contributed by atoms with Crippen LogP contribution in [0.1, 0.15) is 11.4 Å². The van der Waals surface area contributed by atoms with E-state index in [4.69, 9.17) is 9.47 Å². The molecule has 128 valence electrons. The van der Waals surface area contributed by atoms with E-state index in [0.29, 0.717) is 43.9 Å². The first kappa shape index (κ1) is 16.8. The normalized spacial score (nSPS) is 27.8. The van der Waals surface area contributed by atoms with E-state index in [1.807, 2.05) is 11.6 Å². The lowest BCUT2D eigenvalue weighted by Crippen LogP contribution is -2.38. The summed E-state index contributed by atoms with van der Waals surface area (Å²) in [6.07, 6.45) is 2.41. The van der Waals surface area contributed by atoms with Crippen LogP contribution in [0.4, 0.5) is 0 Å². The maximum absolute atomic E-state index is 12.1. The standard InChI is InChI=1S/C16H25N3O3S/c1-21-4-2-17-15(20)6-12-10-22-11-13-7-19(8-14(12)13)9-16-18-3-5-23-16/h3,5,12-14H,2,4,6-11H2,1H3,(H,17,20)/t12-,13+,14-/m0/s1. The Bertz CT molecular complexity index is 497. The summed E-state index contributed by atoms with van der Waals surface area (Å²) in [5.74, 6) is 1.52. The second-order valence-electron chi connectivity index (χ2n) is 6.39. The molecule has 3 rings (SSSR count). The highest BCUT2D eigenvalue weighted by Crippen LogP contribution is 2.36. The van der Waals surface area contributed by atoms with Crippen LogP contribution in [0.3, 0.4) is 0 Å². The average Bonchev–Trinajstić information content (AvgIpc) is 3.17. The molecule has 1 N–H and O–H groups in total. The van der Waals surface area contributed by atoms with Crippen molar-refractivity contribution in [3.63, 3.8) is 0 Å². The zero-order chi connectivity index (χ0) is 16.1. The number of amides is 1. The minimum absolute atomic E-state index is 0.106. The lowest BCUT2D eigenvalue weighted by molar-refractivity contribution is -0.124. The molecule has 0 radical (unpaired) electrons. The van der Waals surface area contributed by atoms with Crippen LogP contribution in [-0.4, -0.2) is 62.4 Å². The van der Waals surface area contributed by atoms with E-state index in [9.17, 15) is 4.79 Å². The van der Waals surface area contributed by atoms with Crippen molar-refractivity contribution in [2.75, 3.05) is 46.6 Å². The van der Waals surface area contributed by atoms with Gasteiger partial charge in [0.15, 0.2) is 0 Å². The Morgan fingerprint density at radius 3 is 3.22 bits per heavy atom. The van der Waals surface area contributed by atoms with Crippen LogP contribution >= 0.6 is 11.3 Å². The highest BCUT2D eigenvalue weighted by molar-refractivity contribution is 7.09. The second-order valence-corrected chi connectivity index (χ2v) is 7.37. The van der Waals surface area contributed by atoms with Gasteiger partial charge in [-0.15, -0.1) is 11.3 Å². The maximum Gasteiger partial charge on any atom is 0.220 e. The molecule has 1 aromatic heterocycles. The molecule has 1 amide bonds. The number of hydrogen-bond donors (Lipinski definition) is 1. The van der Waals surface area contributed by atoms with Gasteiger partial charge in [0.05, 0.1) is 26.4 Å². The molecule has 3 heterocycles. The van der Waals surface area contributed by atoms with Gasteiger partial charge in [-0.3, -0.25) is 9.69 Å². The predicted octanol–water partition coefficient (Wildman–Crippen LogP) is 0.990. The van der Waals surface area contributed by atoms with E-state index in [1.165, 1.54) is 5.01 Å². The summed E-state index contributed by atoms with van der Waals surface area (Å²) in [4.78, 5) is 18.9. The van der Waals surface area contributed by atoms with Crippen LogP contribution in [0.15, 0.2) is 11.6 Å². The molecular formula is C16H25N3O3S. The van der Waals surface area contributed by atoms with Crippen molar-refractivity contribution >= 4 is 17.2 Å². The zero-order valence-electron chi connectivity index (χ0n) is 13.6. The Labute approximate surface area is 141 Å². The summed E-state index contributed by atoms with van der Waals surface area (Å²) >= 11 is 1.71. The molecule has 6 nitrogen and oxygen atoms in total. The Kier molecular flexibility index (Phi) is 5.99. The van der Waals surface area contributed by atoms with Crippen molar-refractivity contribution < 1.29 is 14.3 Å². The van der Waals surface area contributed by atoms with Gasteiger partial charge in [0.2, 0.25) is 5.91 Å². The summed E-state index contributed by atoms with van der Waals surface area (Å²) in [5.41, 5.74) is 0. The molecule has 2 fully saturated rings. The Hall–Kier alpha value is -1.02. The largest absolute Gasteiger partial charge is 0.383 e. The topological polar surface area (TPSA) is 63.7 Å². The highest BCUT2D eigenvalue weighted by Gasteiger charge is 2.41. The highest BCUT2D eigenvalue weighted by atomic mass is 32.1. The van der Waals surface area contributed by atoms with Crippen LogP contribution in [0.2, 0.25) is 0 Å². The first-order valence-corrected chi connectivity index (χ1v) is 9.08. The summed E-state index contributed by atoms with van der Waals surface area (Å²) in [6, 6.07) is 0. The van der Waals surface area contributed by atoms with Crippen LogP contribution in [-0.2, 0) is 20.8 Å². The molecule has 2 aliphatic heterocycles. The average molecular weight is 339 g/mol. The van der Waals surface area contributed by atoms with Crippen molar-refractivity contribution in [1.29, 1.82) is 0 Å². The lowest BCUT2D eigenvalue weighted by Gasteiger charge is -2.32. The number of carbonyl (C=O) groups is 1. The van der Waals surface area contributed by atoms with Gasteiger partial charge in [0, 0.05) is 44.7 Å². The van der Waals surface area contributed by atoms with Gasteiger partial charge in [-0.25, -0.2) is 4.98 Å². The van der Waals surface area contributed by atoms with Gasteiger partial charge in [-0.1, -0.05) is 0 Å². The van der Waals surface area contributed by atoms with E-state index >= 15 is 0 Å². The maximum atomic E-state index is 12.1. The third kappa shape index (κ3) is 4.50.